The van der Waals surface area contributed by atoms with Crippen LogP contribution in [0.5, 0.6) is 0 Å². The van der Waals surface area contributed by atoms with Crippen LogP contribution in [0.1, 0.15) is 39.5 Å². The maximum Gasteiger partial charge on any atom is 0.0499 e. The van der Waals surface area contributed by atoms with E-state index in [0.29, 0.717) is 0 Å². The van der Waals surface area contributed by atoms with Gasteiger partial charge in [-0.15, -0.1) is 0 Å². The Morgan fingerprint density at radius 2 is 2.06 bits per heavy atom. The van der Waals surface area contributed by atoms with Gasteiger partial charge in [-0.2, -0.15) is 0 Å². The summed E-state index contributed by atoms with van der Waals surface area (Å²) < 4.78 is 2.35. The average Bonchev–Trinajstić information content (AvgIpc) is 2.79. The second-order valence-electron chi connectivity index (χ2n) is 5.06. The maximum atomic E-state index is 6.21. The molecule has 0 amide bonds. The molecular formula is C16H22ClN. The number of hydrogen-bond donors (Lipinski definition) is 0. The van der Waals surface area contributed by atoms with Gasteiger partial charge >= 0.3 is 0 Å². The largest absolute Gasteiger partial charge is 0.347 e. The minimum atomic E-state index is 0.777. The van der Waals surface area contributed by atoms with Crippen LogP contribution in [0.3, 0.4) is 0 Å². The van der Waals surface area contributed by atoms with Gasteiger partial charge in [-0.25, -0.2) is 0 Å². The molecule has 98 valence electrons. The molecule has 0 bridgehead atoms. The normalized spacial score (nSPS) is 13.1. The van der Waals surface area contributed by atoms with Gasteiger partial charge < -0.3 is 4.57 Å². The Balaban J connectivity index is 2.18. The van der Waals surface area contributed by atoms with E-state index < -0.39 is 0 Å². The van der Waals surface area contributed by atoms with E-state index in [1.807, 2.05) is 12.1 Å². The molecule has 0 N–H and O–H groups in total. The Morgan fingerprint density at radius 1 is 1.22 bits per heavy atom. The van der Waals surface area contributed by atoms with E-state index in [-0.39, 0.29) is 0 Å². The van der Waals surface area contributed by atoms with Crippen LogP contribution in [0.15, 0.2) is 30.5 Å². The van der Waals surface area contributed by atoms with Crippen molar-refractivity contribution in [3.05, 3.63) is 35.5 Å². The molecule has 0 radical (unpaired) electrons. The Kier molecular flexibility index (Phi) is 4.71. The number of aromatic nitrogens is 1. The number of nitrogens with zero attached hydrogens (tertiary/aromatic N) is 1. The Hall–Kier alpha value is -0.950. The molecule has 0 aliphatic carbocycles. The highest BCUT2D eigenvalue weighted by Crippen LogP contribution is 2.26. The third kappa shape index (κ3) is 2.89. The molecule has 0 aliphatic heterocycles. The van der Waals surface area contributed by atoms with Gasteiger partial charge in [-0.3, -0.25) is 0 Å². The first-order valence-corrected chi connectivity index (χ1v) is 7.37. The Labute approximate surface area is 115 Å². The zero-order chi connectivity index (χ0) is 13.0. The standard InChI is InChI=1S/C16H22ClN/c1-3-5-7-13(4-2)12-18-11-10-14-15(17)8-6-9-16(14)18/h6,8-11,13H,3-5,7,12H2,1-2H3. The van der Waals surface area contributed by atoms with Crippen molar-refractivity contribution in [3.63, 3.8) is 0 Å². The van der Waals surface area contributed by atoms with E-state index >= 15 is 0 Å². The molecule has 0 spiro atoms. The number of unbranched alkanes of at least 4 members (excludes halogenated alkanes) is 1. The Bertz CT molecular complexity index is 501. The summed E-state index contributed by atoms with van der Waals surface area (Å²) in [6.07, 6.45) is 7.37. The van der Waals surface area contributed by atoms with Crippen molar-refractivity contribution < 1.29 is 0 Å². The molecule has 0 saturated heterocycles. The number of benzene rings is 1. The van der Waals surface area contributed by atoms with Gasteiger partial charge in [-0.1, -0.05) is 50.8 Å². The summed E-state index contributed by atoms with van der Waals surface area (Å²) >= 11 is 6.21. The summed E-state index contributed by atoms with van der Waals surface area (Å²) in [5, 5.41) is 2.03. The quantitative estimate of drug-likeness (QED) is 0.647. The summed E-state index contributed by atoms with van der Waals surface area (Å²) in [5.74, 6) is 0.777. The van der Waals surface area contributed by atoms with Crippen LogP contribution in [-0.4, -0.2) is 4.57 Å². The van der Waals surface area contributed by atoms with Crippen LogP contribution >= 0.6 is 11.6 Å². The van der Waals surface area contributed by atoms with Crippen molar-refractivity contribution >= 4 is 22.5 Å². The van der Waals surface area contributed by atoms with Crippen LogP contribution < -0.4 is 0 Å². The van der Waals surface area contributed by atoms with E-state index in [0.717, 1.165) is 17.5 Å². The van der Waals surface area contributed by atoms with Crippen LogP contribution in [0.4, 0.5) is 0 Å². The topological polar surface area (TPSA) is 4.93 Å². The monoisotopic (exact) mass is 263 g/mol. The van der Waals surface area contributed by atoms with Gasteiger partial charge in [0, 0.05) is 28.7 Å². The van der Waals surface area contributed by atoms with Crippen molar-refractivity contribution in [2.45, 2.75) is 46.1 Å². The number of rotatable bonds is 6. The molecule has 0 saturated carbocycles. The van der Waals surface area contributed by atoms with E-state index in [9.17, 15) is 0 Å². The first-order valence-electron chi connectivity index (χ1n) is 6.99. The van der Waals surface area contributed by atoms with Crippen LogP contribution in [-0.2, 0) is 6.54 Å². The van der Waals surface area contributed by atoms with E-state index in [2.05, 4.69) is 36.7 Å². The fourth-order valence-corrected chi connectivity index (χ4v) is 2.77. The van der Waals surface area contributed by atoms with Gasteiger partial charge in [0.1, 0.15) is 0 Å². The minimum absolute atomic E-state index is 0.777. The van der Waals surface area contributed by atoms with Gasteiger partial charge in [-0.05, 0) is 30.5 Å². The van der Waals surface area contributed by atoms with E-state index in [1.54, 1.807) is 0 Å². The first kappa shape index (κ1) is 13.5. The molecule has 1 heterocycles. The number of halogens is 1. The molecule has 2 rings (SSSR count). The first-order chi connectivity index (χ1) is 8.76. The highest BCUT2D eigenvalue weighted by molar-refractivity contribution is 6.35. The third-order valence-electron chi connectivity index (χ3n) is 3.76. The smallest absolute Gasteiger partial charge is 0.0499 e. The lowest BCUT2D eigenvalue weighted by molar-refractivity contribution is 0.396. The number of hydrogen-bond acceptors (Lipinski definition) is 0. The molecule has 1 aromatic heterocycles. The molecule has 1 aromatic carbocycles. The lowest BCUT2D eigenvalue weighted by Gasteiger charge is -2.16. The van der Waals surface area contributed by atoms with Crippen LogP contribution in [0.2, 0.25) is 5.02 Å². The van der Waals surface area contributed by atoms with E-state index in [1.165, 1.54) is 36.6 Å². The van der Waals surface area contributed by atoms with Crippen molar-refractivity contribution in [2.75, 3.05) is 0 Å². The van der Waals surface area contributed by atoms with Crippen LogP contribution in [0, 0.1) is 5.92 Å². The second kappa shape index (κ2) is 6.29. The molecule has 1 unspecified atom stereocenters. The molecule has 18 heavy (non-hydrogen) atoms. The van der Waals surface area contributed by atoms with E-state index in [4.69, 9.17) is 11.6 Å². The van der Waals surface area contributed by atoms with Crippen LogP contribution in [0.25, 0.3) is 10.9 Å². The molecule has 0 fully saturated rings. The fraction of sp³-hybridized carbons (Fsp3) is 0.500. The number of fused-ring (bicyclic) bond motifs is 1. The predicted octanol–water partition coefficient (Wildman–Crippen LogP) is 5.51. The summed E-state index contributed by atoms with van der Waals surface area (Å²) in [6, 6.07) is 8.29. The second-order valence-corrected chi connectivity index (χ2v) is 5.46. The summed E-state index contributed by atoms with van der Waals surface area (Å²) in [5.41, 5.74) is 1.26. The highest BCUT2D eigenvalue weighted by atomic mass is 35.5. The lowest BCUT2D eigenvalue weighted by atomic mass is 9.99. The minimum Gasteiger partial charge on any atom is -0.347 e. The lowest BCUT2D eigenvalue weighted by Crippen LogP contribution is -2.09. The van der Waals surface area contributed by atoms with Crippen molar-refractivity contribution in [3.8, 4) is 0 Å². The maximum absolute atomic E-state index is 6.21. The zero-order valence-electron chi connectivity index (χ0n) is 11.3. The third-order valence-corrected chi connectivity index (χ3v) is 4.09. The molecular weight excluding hydrogens is 242 g/mol. The van der Waals surface area contributed by atoms with Gasteiger partial charge in [0.25, 0.3) is 0 Å². The molecule has 2 aromatic rings. The van der Waals surface area contributed by atoms with Crippen molar-refractivity contribution in [1.82, 2.24) is 4.57 Å². The molecule has 1 nitrogen and oxygen atoms in total. The summed E-state index contributed by atoms with van der Waals surface area (Å²) in [4.78, 5) is 0. The zero-order valence-corrected chi connectivity index (χ0v) is 12.1. The Morgan fingerprint density at radius 3 is 2.78 bits per heavy atom. The SMILES string of the molecule is CCCCC(CC)Cn1ccc2c(Cl)cccc21. The van der Waals surface area contributed by atoms with Crippen molar-refractivity contribution in [2.24, 2.45) is 5.92 Å². The van der Waals surface area contributed by atoms with Gasteiger partial charge in [0.05, 0.1) is 0 Å². The fourth-order valence-electron chi connectivity index (χ4n) is 2.54. The molecule has 0 aliphatic rings. The predicted molar refractivity (Wildman–Crippen MR) is 80.3 cm³/mol. The van der Waals surface area contributed by atoms with Gasteiger partial charge in [0.2, 0.25) is 0 Å². The van der Waals surface area contributed by atoms with Gasteiger partial charge in [0.15, 0.2) is 0 Å². The summed E-state index contributed by atoms with van der Waals surface area (Å²) in [7, 11) is 0. The highest BCUT2D eigenvalue weighted by Gasteiger charge is 2.09. The van der Waals surface area contributed by atoms with Crippen molar-refractivity contribution in [1.29, 1.82) is 0 Å². The molecule has 1 atom stereocenters. The average molecular weight is 264 g/mol. The molecule has 2 heteroatoms. The summed E-state index contributed by atoms with van der Waals surface area (Å²) in [6.45, 7) is 5.66.